The molecule has 2 rings (SSSR count). The molecule has 0 aliphatic carbocycles. The van der Waals surface area contributed by atoms with Crippen LogP contribution in [-0.4, -0.2) is 34.5 Å². The molecule has 1 saturated heterocycles. The minimum atomic E-state index is -0.846. The number of carboxylic acid groups (broad SMARTS) is 1. The van der Waals surface area contributed by atoms with Crippen molar-refractivity contribution in [3.05, 3.63) is 33.8 Å². The highest BCUT2D eigenvalue weighted by atomic mass is 79.9. The molecule has 1 aliphatic heterocycles. The fourth-order valence-corrected chi connectivity index (χ4v) is 2.87. The zero-order chi connectivity index (χ0) is 14.7. The van der Waals surface area contributed by atoms with E-state index in [9.17, 15) is 9.59 Å². The molecule has 0 saturated carbocycles. The largest absolute Gasteiger partial charge is 0.481 e. The van der Waals surface area contributed by atoms with Gasteiger partial charge in [-0.25, -0.2) is 0 Å². The third kappa shape index (κ3) is 3.39. The highest BCUT2D eigenvalue weighted by Gasteiger charge is 2.29. The van der Waals surface area contributed by atoms with Crippen molar-refractivity contribution in [1.29, 1.82) is 0 Å². The van der Waals surface area contributed by atoms with Crippen LogP contribution in [0.2, 0.25) is 0 Å². The number of aliphatic carboxylic acids is 1. The molecule has 1 aromatic rings. The van der Waals surface area contributed by atoms with Crippen LogP contribution in [0.4, 0.5) is 0 Å². The summed E-state index contributed by atoms with van der Waals surface area (Å²) in [7, 11) is 0. The van der Waals surface area contributed by atoms with Crippen molar-refractivity contribution < 1.29 is 14.7 Å². The van der Waals surface area contributed by atoms with Gasteiger partial charge in [-0.2, -0.15) is 0 Å². The van der Waals surface area contributed by atoms with Crippen molar-refractivity contribution in [3.63, 3.8) is 0 Å². The Kier molecular flexibility index (Phi) is 4.81. The number of rotatable bonds is 3. The summed E-state index contributed by atoms with van der Waals surface area (Å²) < 4.78 is 0.967. The summed E-state index contributed by atoms with van der Waals surface area (Å²) in [6.45, 7) is 2.58. The quantitative estimate of drug-likeness (QED) is 0.919. The number of carboxylic acids is 1. The number of hydrogen-bond donors (Lipinski definition) is 1. The van der Waals surface area contributed by atoms with Gasteiger partial charge in [-0.15, -0.1) is 0 Å². The first-order valence-corrected chi connectivity index (χ1v) is 7.57. The first kappa shape index (κ1) is 15.0. The van der Waals surface area contributed by atoms with E-state index in [-0.39, 0.29) is 18.4 Å². The van der Waals surface area contributed by atoms with E-state index in [0.29, 0.717) is 12.1 Å². The van der Waals surface area contributed by atoms with Crippen LogP contribution in [0.5, 0.6) is 0 Å². The number of carbonyl (C=O) groups excluding carboxylic acids is 1. The molecule has 1 atom stereocenters. The van der Waals surface area contributed by atoms with E-state index in [1.54, 1.807) is 11.0 Å². The second-order valence-corrected chi connectivity index (χ2v) is 6.06. The first-order valence-electron chi connectivity index (χ1n) is 6.78. The van der Waals surface area contributed by atoms with Crippen LogP contribution in [0.15, 0.2) is 22.7 Å². The van der Waals surface area contributed by atoms with Crippen LogP contribution in [-0.2, 0) is 4.79 Å². The Morgan fingerprint density at radius 1 is 1.40 bits per heavy atom. The summed E-state index contributed by atoms with van der Waals surface area (Å²) in [5.41, 5.74) is 1.63. The van der Waals surface area contributed by atoms with Gasteiger partial charge in [-0.1, -0.05) is 15.9 Å². The average molecular weight is 340 g/mol. The molecule has 1 amide bonds. The van der Waals surface area contributed by atoms with Gasteiger partial charge in [0.25, 0.3) is 5.91 Å². The lowest BCUT2D eigenvalue weighted by Gasteiger charge is -2.35. The van der Waals surface area contributed by atoms with Crippen LogP contribution in [0, 0.1) is 6.92 Å². The molecule has 0 radical (unpaired) electrons. The molecule has 1 unspecified atom stereocenters. The number of benzene rings is 1. The molecule has 108 valence electrons. The molecule has 1 fully saturated rings. The highest BCUT2D eigenvalue weighted by Crippen LogP contribution is 2.24. The Morgan fingerprint density at radius 2 is 2.15 bits per heavy atom. The molecular weight excluding hydrogens is 322 g/mol. The second kappa shape index (κ2) is 6.39. The predicted molar refractivity (Wildman–Crippen MR) is 79.8 cm³/mol. The number of likely N-dealkylation sites (tertiary alicyclic amines) is 1. The van der Waals surface area contributed by atoms with Crippen LogP contribution in [0.3, 0.4) is 0 Å². The first-order chi connectivity index (χ1) is 9.49. The Labute approximate surface area is 126 Å². The van der Waals surface area contributed by atoms with E-state index in [2.05, 4.69) is 15.9 Å². The van der Waals surface area contributed by atoms with E-state index in [1.807, 2.05) is 19.1 Å². The van der Waals surface area contributed by atoms with Gasteiger partial charge in [0.15, 0.2) is 0 Å². The predicted octanol–water partition coefficient (Wildman–Crippen LogP) is 3.23. The van der Waals surface area contributed by atoms with Crippen molar-refractivity contribution in [2.45, 2.75) is 38.6 Å². The summed E-state index contributed by atoms with van der Waals surface area (Å²) in [6.07, 6.45) is 2.73. The number of carbonyl (C=O) groups is 2. The van der Waals surface area contributed by atoms with Crippen LogP contribution in [0.25, 0.3) is 0 Å². The number of halogens is 1. The Bertz CT molecular complexity index is 530. The van der Waals surface area contributed by atoms with Crippen molar-refractivity contribution in [1.82, 2.24) is 4.90 Å². The van der Waals surface area contributed by atoms with Crippen molar-refractivity contribution in [2.75, 3.05) is 6.54 Å². The molecular formula is C15H18BrNO3. The Morgan fingerprint density at radius 3 is 2.80 bits per heavy atom. The fourth-order valence-electron chi connectivity index (χ4n) is 2.63. The zero-order valence-corrected chi connectivity index (χ0v) is 13.0. The minimum absolute atomic E-state index is 0.0290. The summed E-state index contributed by atoms with van der Waals surface area (Å²) in [5.74, 6) is -0.909. The Hall–Kier alpha value is -1.36. The van der Waals surface area contributed by atoms with Crippen molar-refractivity contribution in [2.24, 2.45) is 0 Å². The highest BCUT2D eigenvalue weighted by molar-refractivity contribution is 9.10. The number of nitrogens with zero attached hydrogens (tertiary/aromatic N) is 1. The summed E-state index contributed by atoms with van der Waals surface area (Å²) in [6, 6.07) is 5.31. The Balaban J connectivity index is 2.20. The maximum Gasteiger partial charge on any atom is 0.305 e. The molecule has 1 aromatic carbocycles. The van der Waals surface area contributed by atoms with Gasteiger partial charge in [0.1, 0.15) is 0 Å². The van der Waals surface area contributed by atoms with Gasteiger partial charge < -0.3 is 10.0 Å². The van der Waals surface area contributed by atoms with Gasteiger partial charge in [0.2, 0.25) is 0 Å². The molecule has 5 heteroatoms. The van der Waals surface area contributed by atoms with E-state index >= 15 is 0 Å². The molecule has 0 bridgehead atoms. The van der Waals surface area contributed by atoms with Crippen molar-refractivity contribution in [3.8, 4) is 0 Å². The van der Waals surface area contributed by atoms with E-state index in [1.165, 1.54) is 0 Å². The molecule has 4 nitrogen and oxygen atoms in total. The second-order valence-electron chi connectivity index (χ2n) is 5.21. The van der Waals surface area contributed by atoms with Crippen LogP contribution >= 0.6 is 15.9 Å². The normalized spacial score (nSPS) is 18.9. The summed E-state index contributed by atoms with van der Waals surface area (Å²) in [4.78, 5) is 25.2. The standard InChI is InChI=1S/C15H18BrNO3/c1-10-8-11(5-6-13(10)16)15(20)17-7-3-2-4-12(17)9-14(18)19/h5-6,8,12H,2-4,7,9H2,1H3,(H,18,19). The smallest absolute Gasteiger partial charge is 0.305 e. The average Bonchev–Trinajstić information content (AvgIpc) is 2.41. The van der Waals surface area contributed by atoms with E-state index in [4.69, 9.17) is 5.11 Å². The van der Waals surface area contributed by atoms with E-state index < -0.39 is 5.97 Å². The molecule has 0 spiro atoms. The minimum Gasteiger partial charge on any atom is -0.481 e. The summed E-state index contributed by atoms with van der Waals surface area (Å²) in [5, 5.41) is 8.97. The summed E-state index contributed by atoms with van der Waals surface area (Å²) >= 11 is 3.42. The number of hydrogen-bond acceptors (Lipinski definition) is 2. The molecule has 1 aliphatic rings. The number of amides is 1. The van der Waals surface area contributed by atoms with Gasteiger partial charge >= 0.3 is 5.97 Å². The lowest BCUT2D eigenvalue weighted by molar-refractivity contribution is -0.138. The van der Waals surface area contributed by atoms with Crippen LogP contribution in [0.1, 0.15) is 41.6 Å². The molecule has 1 heterocycles. The number of piperidine rings is 1. The van der Waals surface area contributed by atoms with Crippen LogP contribution < -0.4 is 0 Å². The van der Waals surface area contributed by atoms with Gasteiger partial charge in [0, 0.05) is 22.6 Å². The third-order valence-corrected chi connectivity index (χ3v) is 4.59. The topological polar surface area (TPSA) is 57.6 Å². The molecule has 20 heavy (non-hydrogen) atoms. The lowest BCUT2D eigenvalue weighted by Crippen LogP contribution is -2.44. The lowest BCUT2D eigenvalue weighted by atomic mass is 9.98. The number of aryl methyl sites for hydroxylation is 1. The van der Waals surface area contributed by atoms with Crippen molar-refractivity contribution >= 4 is 27.8 Å². The van der Waals surface area contributed by atoms with E-state index in [0.717, 1.165) is 29.3 Å². The SMILES string of the molecule is Cc1cc(C(=O)N2CCCCC2CC(=O)O)ccc1Br. The molecule has 1 N–H and O–H groups in total. The fraction of sp³-hybridized carbons (Fsp3) is 0.467. The monoisotopic (exact) mass is 339 g/mol. The third-order valence-electron chi connectivity index (χ3n) is 3.70. The zero-order valence-electron chi connectivity index (χ0n) is 11.4. The molecule has 0 aromatic heterocycles. The maximum atomic E-state index is 12.6. The van der Waals surface area contributed by atoms with Gasteiger partial charge in [-0.3, -0.25) is 9.59 Å². The van der Waals surface area contributed by atoms with Gasteiger partial charge in [-0.05, 0) is 49.9 Å². The maximum absolute atomic E-state index is 12.6. The van der Waals surface area contributed by atoms with Gasteiger partial charge in [0.05, 0.1) is 6.42 Å².